The van der Waals surface area contributed by atoms with Gasteiger partial charge >= 0.3 is 0 Å². The first kappa shape index (κ1) is 29.6. The Morgan fingerprint density at radius 2 is 1.80 bits per heavy atom. The van der Waals surface area contributed by atoms with Crippen LogP contribution in [0.1, 0.15) is 68.3 Å². The van der Waals surface area contributed by atoms with Gasteiger partial charge in [0, 0.05) is 38.8 Å². The lowest BCUT2D eigenvalue weighted by Crippen LogP contribution is -2.38. The van der Waals surface area contributed by atoms with Gasteiger partial charge in [0.25, 0.3) is 5.91 Å². The molecule has 0 spiro atoms. The average molecular weight is 569 g/mol. The molecule has 5 rings (SSSR count). The SMILES string of the molecule is CCCCOc1ccc2c(c1F)C(=O)N(CC1CCC(C(C)Oc3cccc(OCCN4CCOCC4)c3)CC1)C2. The fourth-order valence-electron chi connectivity index (χ4n) is 6.20. The zero-order valence-electron chi connectivity index (χ0n) is 24.6. The smallest absolute Gasteiger partial charge is 0.257 e. The van der Waals surface area contributed by atoms with E-state index in [1.807, 2.05) is 35.2 Å². The molecule has 0 aromatic heterocycles. The second-order valence-corrected chi connectivity index (χ2v) is 11.7. The van der Waals surface area contributed by atoms with Gasteiger partial charge in [-0.1, -0.05) is 25.5 Å². The molecule has 1 saturated carbocycles. The normalized spacial score (nSPS) is 21.9. The summed E-state index contributed by atoms with van der Waals surface area (Å²) in [7, 11) is 0. The van der Waals surface area contributed by atoms with E-state index in [0.717, 1.165) is 88.4 Å². The van der Waals surface area contributed by atoms with Crippen LogP contribution in [0.4, 0.5) is 4.39 Å². The topological polar surface area (TPSA) is 60.5 Å². The molecule has 1 saturated heterocycles. The van der Waals surface area contributed by atoms with E-state index in [2.05, 4.69) is 18.7 Å². The van der Waals surface area contributed by atoms with Gasteiger partial charge in [0.15, 0.2) is 11.6 Å². The second kappa shape index (κ2) is 14.4. The number of fused-ring (bicyclic) bond motifs is 1. The van der Waals surface area contributed by atoms with Crippen LogP contribution in [0, 0.1) is 17.7 Å². The zero-order chi connectivity index (χ0) is 28.6. The van der Waals surface area contributed by atoms with Crippen molar-refractivity contribution in [3.05, 3.63) is 53.3 Å². The number of unbranched alkanes of at least 4 members (excludes halogenated alkanes) is 1. The largest absolute Gasteiger partial charge is 0.492 e. The molecule has 7 nitrogen and oxygen atoms in total. The third-order valence-electron chi connectivity index (χ3n) is 8.75. The molecule has 1 unspecified atom stereocenters. The summed E-state index contributed by atoms with van der Waals surface area (Å²) in [6.45, 7) is 10.9. The third-order valence-corrected chi connectivity index (χ3v) is 8.75. The minimum atomic E-state index is -0.507. The standard InChI is InChI=1S/C33H45FN2O5/c1-3-4-17-40-30-13-12-27-23-36(33(37)31(27)32(30)34)22-25-8-10-26(11-9-25)24(2)41-29-7-5-6-28(21-29)39-20-16-35-14-18-38-19-15-35/h5-7,12-13,21,24-26H,3-4,8-11,14-20,22-23H2,1-2H3. The van der Waals surface area contributed by atoms with Gasteiger partial charge < -0.3 is 23.8 Å². The molecule has 2 fully saturated rings. The van der Waals surface area contributed by atoms with Crippen molar-refractivity contribution in [1.29, 1.82) is 0 Å². The van der Waals surface area contributed by atoms with E-state index in [1.165, 1.54) is 0 Å². The van der Waals surface area contributed by atoms with E-state index in [9.17, 15) is 4.79 Å². The number of carbonyl (C=O) groups excluding carboxylic acids is 1. The number of morpholine rings is 1. The minimum Gasteiger partial charge on any atom is -0.492 e. The van der Waals surface area contributed by atoms with Crippen molar-refractivity contribution in [3.63, 3.8) is 0 Å². The number of carbonyl (C=O) groups is 1. The number of halogens is 1. The first-order chi connectivity index (χ1) is 20.0. The van der Waals surface area contributed by atoms with E-state index in [1.54, 1.807) is 6.07 Å². The van der Waals surface area contributed by atoms with Gasteiger partial charge in [-0.05, 0) is 74.6 Å². The van der Waals surface area contributed by atoms with Crippen molar-refractivity contribution in [1.82, 2.24) is 9.80 Å². The van der Waals surface area contributed by atoms with Gasteiger partial charge in [0.2, 0.25) is 0 Å². The molecule has 2 heterocycles. The summed E-state index contributed by atoms with van der Waals surface area (Å²) in [6, 6.07) is 11.5. The fraction of sp³-hybridized carbons (Fsp3) is 0.606. The highest BCUT2D eigenvalue weighted by Crippen LogP contribution is 2.36. The summed E-state index contributed by atoms with van der Waals surface area (Å²) in [5.41, 5.74) is 0.959. The van der Waals surface area contributed by atoms with E-state index >= 15 is 4.39 Å². The van der Waals surface area contributed by atoms with Crippen LogP contribution < -0.4 is 14.2 Å². The molecular formula is C33H45FN2O5. The summed E-state index contributed by atoms with van der Waals surface area (Å²) >= 11 is 0. The summed E-state index contributed by atoms with van der Waals surface area (Å²) in [6.07, 6.45) is 6.12. The van der Waals surface area contributed by atoms with Crippen molar-refractivity contribution in [2.45, 2.75) is 65.0 Å². The molecule has 2 aliphatic heterocycles. The van der Waals surface area contributed by atoms with Gasteiger partial charge in [0.1, 0.15) is 18.1 Å². The fourth-order valence-corrected chi connectivity index (χ4v) is 6.20. The summed E-state index contributed by atoms with van der Waals surface area (Å²) in [4.78, 5) is 17.3. The molecule has 2 aromatic carbocycles. The van der Waals surface area contributed by atoms with E-state index in [0.29, 0.717) is 38.1 Å². The van der Waals surface area contributed by atoms with Gasteiger partial charge in [-0.2, -0.15) is 0 Å². The van der Waals surface area contributed by atoms with Gasteiger partial charge in [0.05, 0.1) is 31.5 Å². The molecule has 2 aromatic rings. The maximum Gasteiger partial charge on any atom is 0.257 e. The number of hydrogen-bond donors (Lipinski definition) is 0. The van der Waals surface area contributed by atoms with Crippen LogP contribution in [0.25, 0.3) is 0 Å². The first-order valence-electron chi connectivity index (χ1n) is 15.4. The number of amides is 1. The Bertz CT molecular complexity index is 1150. The Kier molecular flexibility index (Phi) is 10.4. The minimum absolute atomic E-state index is 0.0949. The zero-order valence-corrected chi connectivity index (χ0v) is 24.6. The van der Waals surface area contributed by atoms with Gasteiger partial charge in [-0.15, -0.1) is 0 Å². The highest BCUT2D eigenvalue weighted by molar-refractivity contribution is 5.99. The van der Waals surface area contributed by atoms with Crippen LogP contribution in [-0.2, 0) is 11.3 Å². The maximum atomic E-state index is 15.1. The lowest BCUT2D eigenvalue weighted by Gasteiger charge is -2.34. The number of nitrogens with zero attached hydrogens (tertiary/aromatic N) is 2. The van der Waals surface area contributed by atoms with Crippen LogP contribution in [-0.4, -0.2) is 74.4 Å². The Balaban J connectivity index is 1.06. The van der Waals surface area contributed by atoms with Crippen LogP contribution in [0.5, 0.6) is 17.2 Å². The summed E-state index contributed by atoms with van der Waals surface area (Å²) < 4.78 is 38.4. The van der Waals surface area contributed by atoms with Crippen LogP contribution in [0.3, 0.4) is 0 Å². The molecule has 0 radical (unpaired) electrons. The predicted octanol–water partition coefficient (Wildman–Crippen LogP) is 5.95. The van der Waals surface area contributed by atoms with Crippen LogP contribution in [0.15, 0.2) is 36.4 Å². The van der Waals surface area contributed by atoms with E-state index in [4.69, 9.17) is 18.9 Å². The first-order valence-corrected chi connectivity index (χ1v) is 15.4. The lowest BCUT2D eigenvalue weighted by atomic mass is 9.79. The predicted molar refractivity (Wildman–Crippen MR) is 156 cm³/mol. The molecule has 8 heteroatoms. The quantitative estimate of drug-likeness (QED) is 0.279. The summed E-state index contributed by atoms with van der Waals surface area (Å²) in [5.74, 6) is 2.03. The van der Waals surface area contributed by atoms with Crippen molar-refractivity contribution in [3.8, 4) is 17.2 Å². The van der Waals surface area contributed by atoms with Crippen molar-refractivity contribution in [2.75, 3.05) is 52.6 Å². The number of rotatable bonds is 13. The Morgan fingerprint density at radius 3 is 2.59 bits per heavy atom. The summed E-state index contributed by atoms with van der Waals surface area (Å²) in [5, 5.41) is 0. The Hall–Kier alpha value is -2.84. The van der Waals surface area contributed by atoms with Crippen molar-refractivity contribution in [2.24, 2.45) is 11.8 Å². The molecule has 3 aliphatic rings. The molecule has 1 aliphatic carbocycles. The maximum absolute atomic E-state index is 15.1. The molecule has 224 valence electrons. The monoisotopic (exact) mass is 568 g/mol. The van der Waals surface area contributed by atoms with Gasteiger partial charge in [-0.3, -0.25) is 9.69 Å². The Morgan fingerprint density at radius 1 is 1.02 bits per heavy atom. The number of benzene rings is 2. The van der Waals surface area contributed by atoms with E-state index in [-0.39, 0.29) is 23.3 Å². The highest BCUT2D eigenvalue weighted by atomic mass is 19.1. The molecule has 1 amide bonds. The van der Waals surface area contributed by atoms with Crippen molar-refractivity contribution < 1.29 is 28.1 Å². The molecule has 41 heavy (non-hydrogen) atoms. The second-order valence-electron chi connectivity index (χ2n) is 11.7. The number of ether oxygens (including phenoxy) is 4. The third kappa shape index (κ3) is 7.72. The number of hydrogen-bond acceptors (Lipinski definition) is 6. The molecule has 1 atom stereocenters. The van der Waals surface area contributed by atoms with Crippen LogP contribution >= 0.6 is 0 Å². The molecule has 0 bridgehead atoms. The molecule has 0 N–H and O–H groups in total. The highest BCUT2D eigenvalue weighted by Gasteiger charge is 2.35. The lowest BCUT2D eigenvalue weighted by molar-refractivity contribution is 0.0322. The molecular weight excluding hydrogens is 523 g/mol. The van der Waals surface area contributed by atoms with E-state index < -0.39 is 5.82 Å². The van der Waals surface area contributed by atoms with Crippen molar-refractivity contribution >= 4 is 5.91 Å². The average Bonchev–Trinajstić information content (AvgIpc) is 3.30. The van der Waals surface area contributed by atoms with Crippen LogP contribution in [0.2, 0.25) is 0 Å². The van der Waals surface area contributed by atoms with Gasteiger partial charge in [-0.25, -0.2) is 4.39 Å². The Labute approximate surface area is 243 Å².